The molecule has 1 amide bonds. The molecule has 4 nitrogen and oxygen atoms in total. The highest BCUT2D eigenvalue weighted by Crippen LogP contribution is 2.23. The Balaban J connectivity index is 2.57. The molecule has 21 heavy (non-hydrogen) atoms. The monoisotopic (exact) mass is 303 g/mol. The first-order chi connectivity index (χ1) is 9.83. The van der Waals surface area contributed by atoms with Crippen molar-refractivity contribution in [2.24, 2.45) is 0 Å². The summed E-state index contributed by atoms with van der Waals surface area (Å²) in [5, 5.41) is 5.65. The largest absolute Gasteiger partial charge is 0.399 e. The van der Waals surface area contributed by atoms with Crippen LogP contribution in [0.4, 0.5) is 24.5 Å². The van der Waals surface area contributed by atoms with E-state index in [1.807, 2.05) is 0 Å². The van der Waals surface area contributed by atoms with Crippen molar-refractivity contribution < 1.29 is 18.0 Å². The summed E-state index contributed by atoms with van der Waals surface area (Å²) >= 11 is 0. The van der Waals surface area contributed by atoms with Gasteiger partial charge in [-0.3, -0.25) is 4.79 Å². The van der Waals surface area contributed by atoms with E-state index in [2.05, 4.69) is 10.6 Å². The molecule has 4 N–H and O–H groups in total. The fraction of sp³-hybridized carbons (Fsp3) is 0.500. The lowest BCUT2D eigenvalue weighted by Crippen LogP contribution is -2.24. The summed E-state index contributed by atoms with van der Waals surface area (Å²) in [6.07, 6.45) is -4.50. The van der Waals surface area contributed by atoms with Crippen LogP contribution in [0, 0.1) is 0 Å². The second-order valence-corrected chi connectivity index (χ2v) is 4.66. The van der Waals surface area contributed by atoms with Gasteiger partial charge in [0.1, 0.15) is 0 Å². The molecular formula is C14H20F3N3O. The highest BCUT2D eigenvalue weighted by Gasteiger charge is 2.25. The van der Waals surface area contributed by atoms with Crippen molar-refractivity contribution in [2.45, 2.75) is 32.4 Å². The number of alkyl halides is 3. The van der Waals surface area contributed by atoms with Gasteiger partial charge in [-0.05, 0) is 38.0 Å². The Morgan fingerprint density at radius 1 is 1.29 bits per heavy atom. The number of rotatable bonds is 7. The molecular weight excluding hydrogens is 283 g/mol. The third-order valence-corrected chi connectivity index (χ3v) is 2.83. The smallest absolute Gasteiger partial charge is 0.389 e. The van der Waals surface area contributed by atoms with Crippen LogP contribution in [0.1, 0.15) is 36.5 Å². The number of nitrogens with one attached hydrogen (secondary N) is 2. The standard InChI is InChI=1S/C14H20F3N3O/c1-2-19-13(21)11-6-5-10(18)9-12(11)20-8-4-3-7-14(15,16)17/h5-6,9,20H,2-4,7-8,18H2,1H3,(H,19,21). The summed E-state index contributed by atoms with van der Waals surface area (Å²) < 4.78 is 36.1. The number of carbonyl (C=O) groups is 1. The number of carbonyl (C=O) groups excluding carboxylic acids is 1. The zero-order valence-corrected chi connectivity index (χ0v) is 11.9. The van der Waals surface area contributed by atoms with E-state index in [4.69, 9.17) is 5.73 Å². The minimum atomic E-state index is -4.12. The zero-order chi connectivity index (χ0) is 15.9. The molecule has 0 heterocycles. The molecule has 0 saturated heterocycles. The number of halogens is 3. The maximum absolute atomic E-state index is 12.0. The van der Waals surface area contributed by atoms with E-state index in [0.29, 0.717) is 36.4 Å². The molecule has 0 atom stereocenters. The Morgan fingerprint density at radius 3 is 2.62 bits per heavy atom. The van der Waals surface area contributed by atoms with Crippen molar-refractivity contribution in [3.8, 4) is 0 Å². The van der Waals surface area contributed by atoms with Gasteiger partial charge in [-0.1, -0.05) is 0 Å². The van der Waals surface area contributed by atoms with E-state index in [9.17, 15) is 18.0 Å². The summed E-state index contributed by atoms with van der Waals surface area (Å²) in [5.74, 6) is -0.240. The number of nitrogens with two attached hydrogens (primary N) is 1. The molecule has 1 aromatic carbocycles. The number of nitrogen functional groups attached to an aromatic ring is 1. The first kappa shape index (κ1) is 17.1. The molecule has 0 aliphatic rings. The van der Waals surface area contributed by atoms with Gasteiger partial charge in [-0.2, -0.15) is 13.2 Å². The Kier molecular flexibility index (Phi) is 6.33. The van der Waals surface area contributed by atoms with Crippen molar-refractivity contribution in [3.05, 3.63) is 23.8 Å². The molecule has 0 fully saturated rings. The van der Waals surface area contributed by atoms with Gasteiger partial charge in [0.15, 0.2) is 0 Å². The Morgan fingerprint density at radius 2 is 2.00 bits per heavy atom. The lowest BCUT2D eigenvalue weighted by Gasteiger charge is -2.13. The number of benzene rings is 1. The molecule has 0 aliphatic carbocycles. The fourth-order valence-corrected chi connectivity index (χ4v) is 1.84. The highest BCUT2D eigenvalue weighted by molar-refractivity contribution is 6.00. The Bertz CT molecular complexity index is 475. The molecule has 0 aliphatic heterocycles. The predicted molar refractivity (Wildman–Crippen MR) is 77.3 cm³/mol. The summed E-state index contributed by atoms with van der Waals surface area (Å²) in [6, 6.07) is 4.81. The summed E-state index contributed by atoms with van der Waals surface area (Å²) in [4.78, 5) is 11.9. The summed E-state index contributed by atoms with van der Waals surface area (Å²) in [7, 11) is 0. The van der Waals surface area contributed by atoms with E-state index in [1.54, 1.807) is 25.1 Å². The van der Waals surface area contributed by atoms with Crippen molar-refractivity contribution >= 4 is 17.3 Å². The van der Waals surface area contributed by atoms with Gasteiger partial charge < -0.3 is 16.4 Å². The number of amides is 1. The van der Waals surface area contributed by atoms with E-state index >= 15 is 0 Å². The third kappa shape index (κ3) is 6.37. The average Bonchev–Trinajstić information content (AvgIpc) is 2.37. The number of hydrogen-bond donors (Lipinski definition) is 3. The summed E-state index contributed by atoms with van der Waals surface area (Å²) in [6.45, 7) is 2.65. The van der Waals surface area contributed by atoms with E-state index in [1.165, 1.54) is 0 Å². The van der Waals surface area contributed by atoms with Crippen LogP contribution in [0.2, 0.25) is 0 Å². The second-order valence-electron chi connectivity index (χ2n) is 4.66. The molecule has 0 unspecified atom stereocenters. The van der Waals surface area contributed by atoms with Crippen LogP contribution in [-0.4, -0.2) is 25.2 Å². The first-order valence-electron chi connectivity index (χ1n) is 6.82. The average molecular weight is 303 g/mol. The van der Waals surface area contributed by atoms with Crippen LogP contribution in [-0.2, 0) is 0 Å². The SMILES string of the molecule is CCNC(=O)c1ccc(N)cc1NCCCCC(F)(F)F. The molecule has 118 valence electrons. The van der Waals surface area contributed by atoms with Gasteiger partial charge in [0.25, 0.3) is 5.91 Å². The zero-order valence-electron chi connectivity index (χ0n) is 11.9. The van der Waals surface area contributed by atoms with Crippen LogP contribution in [0.25, 0.3) is 0 Å². The first-order valence-corrected chi connectivity index (χ1v) is 6.82. The molecule has 1 aromatic rings. The molecule has 0 bridgehead atoms. The van der Waals surface area contributed by atoms with Crippen molar-refractivity contribution in [1.82, 2.24) is 5.32 Å². The Labute approximate surface area is 121 Å². The van der Waals surface area contributed by atoms with Gasteiger partial charge >= 0.3 is 6.18 Å². The van der Waals surface area contributed by atoms with Crippen molar-refractivity contribution in [1.29, 1.82) is 0 Å². The van der Waals surface area contributed by atoms with Crippen LogP contribution in [0.5, 0.6) is 0 Å². The second kappa shape index (κ2) is 7.75. The van der Waals surface area contributed by atoms with Crippen molar-refractivity contribution in [3.63, 3.8) is 0 Å². The summed E-state index contributed by atoms with van der Waals surface area (Å²) in [5.41, 5.74) is 7.12. The predicted octanol–water partition coefficient (Wildman–Crippen LogP) is 3.16. The molecule has 0 saturated carbocycles. The van der Waals surface area contributed by atoms with Gasteiger partial charge in [-0.25, -0.2) is 0 Å². The number of unbranched alkanes of at least 4 members (excludes halogenated alkanes) is 1. The number of anilines is 2. The lowest BCUT2D eigenvalue weighted by molar-refractivity contribution is -0.135. The molecule has 0 radical (unpaired) electrons. The fourth-order valence-electron chi connectivity index (χ4n) is 1.84. The highest BCUT2D eigenvalue weighted by atomic mass is 19.4. The molecule has 0 aromatic heterocycles. The van der Waals surface area contributed by atoms with Gasteiger partial charge in [0.2, 0.25) is 0 Å². The van der Waals surface area contributed by atoms with Crippen molar-refractivity contribution in [2.75, 3.05) is 24.1 Å². The topological polar surface area (TPSA) is 67.2 Å². The number of hydrogen-bond acceptors (Lipinski definition) is 3. The maximum atomic E-state index is 12.0. The van der Waals surface area contributed by atoms with Gasteiger partial charge in [0, 0.05) is 30.9 Å². The van der Waals surface area contributed by atoms with E-state index < -0.39 is 12.6 Å². The van der Waals surface area contributed by atoms with Gasteiger partial charge in [0.05, 0.1) is 5.56 Å². The maximum Gasteiger partial charge on any atom is 0.389 e. The third-order valence-electron chi connectivity index (χ3n) is 2.83. The lowest BCUT2D eigenvalue weighted by atomic mass is 10.1. The van der Waals surface area contributed by atoms with Crippen LogP contribution in [0.3, 0.4) is 0 Å². The minimum absolute atomic E-state index is 0.0509. The van der Waals surface area contributed by atoms with Crippen LogP contribution < -0.4 is 16.4 Å². The van der Waals surface area contributed by atoms with Crippen LogP contribution in [0.15, 0.2) is 18.2 Å². The van der Waals surface area contributed by atoms with E-state index in [0.717, 1.165) is 0 Å². The Hall–Kier alpha value is -1.92. The molecule has 1 rings (SSSR count). The molecule has 0 spiro atoms. The van der Waals surface area contributed by atoms with E-state index in [-0.39, 0.29) is 12.3 Å². The normalized spacial score (nSPS) is 11.2. The van der Waals surface area contributed by atoms with Gasteiger partial charge in [-0.15, -0.1) is 0 Å². The van der Waals surface area contributed by atoms with Crippen LogP contribution >= 0.6 is 0 Å². The molecule has 7 heteroatoms. The minimum Gasteiger partial charge on any atom is -0.399 e. The quantitative estimate of drug-likeness (QED) is 0.535.